The minimum Gasteiger partial charge on any atom is -0.506 e. The van der Waals surface area contributed by atoms with Crippen LogP contribution in [0.5, 0.6) is 5.75 Å². The molecule has 7 heteroatoms. The largest absolute Gasteiger partial charge is 0.506 e. The molecule has 1 aliphatic heterocycles. The van der Waals surface area contributed by atoms with E-state index < -0.39 is 0 Å². The van der Waals surface area contributed by atoms with Gasteiger partial charge in [0.15, 0.2) is 0 Å². The molecule has 1 saturated heterocycles. The summed E-state index contributed by atoms with van der Waals surface area (Å²) in [4.78, 5) is 14.1. The van der Waals surface area contributed by atoms with Crippen molar-refractivity contribution in [2.24, 2.45) is 0 Å². The summed E-state index contributed by atoms with van der Waals surface area (Å²) in [5, 5.41) is 10.0. The van der Waals surface area contributed by atoms with Crippen LogP contribution in [0.1, 0.15) is 5.56 Å². The lowest BCUT2D eigenvalue weighted by molar-refractivity contribution is -0.121. The van der Waals surface area contributed by atoms with Crippen LogP contribution in [0.3, 0.4) is 0 Å². The van der Waals surface area contributed by atoms with E-state index in [2.05, 4.69) is 38.4 Å². The van der Waals surface area contributed by atoms with Gasteiger partial charge in [0.1, 0.15) is 10.1 Å². The summed E-state index contributed by atoms with van der Waals surface area (Å²) in [7, 11) is 0. The van der Waals surface area contributed by atoms with Crippen molar-refractivity contribution < 1.29 is 9.90 Å². The van der Waals surface area contributed by atoms with Crippen LogP contribution in [0.2, 0.25) is 0 Å². The van der Waals surface area contributed by atoms with Gasteiger partial charge < -0.3 is 5.11 Å². The van der Waals surface area contributed by atoms with Gasteiger partial charge in [-0.3, -0.25) is 9.69 Å². The highest BCUT2D eigenvalue weighted by Gasteiger charge is 2.31. The summed E-state index contributed by atoms with van der Waals surface area (Å²) in [5.74, 6) is -0.0856. The molecule has 0 saturated carbocycles. The number of rotatable bonds is 3. The van der Waals surface area contributed by atoms with Gasteiger partial charge >= 0.3 is 0 Å². The molecule has 1 aromatic rings. The lowest BCUT2D eigenvalue weighted by atomic mass is 10.2. The van der Waals surface area contributed by atoms with Crippen LogP contribution in [0.25, 0.3) is 6.08 Å². The van der Waals surface area contributed by atoms with Crippen molar-refractivity contribution in [2.45, 2.75) is 0 Å². The van der Waals surface area contributed by atoms with E-state index in [0.717, 1.165) is 4.47 Å². The Balaban J connectivity index is 2.40. The monoisotopic (exact) mass is 433 g/mol. The van der Waals surface area contributed by atoms with Crippen LogP contribution in [0.15, 0.2) is 38.6 Å². The fourth-order valence-electron chi connectivity index (χ4n) is 1.62. The third-order valence-electron chi connectivity index (χ3n) is 2.53. The van der Waals surface area contributed by atoms with Crippen LogP contribution in [0, 0.1) is 0 Å². The van der Waals surface area contributed by atoms with Gasteiger partial charge in [-0.2, -0.15) is 0 Å². The van der Waals surface area contributed by atoms with E-state index in [4.69, 9.17) is 12.2 Å². The number of halogens is 2. The highest BCUT2D eigenvalue weighted by molar-refractivity contribution is 9.11. The molecule has 1 heterocycles. The second-order valence-electron chi connectivity index (χ2n) is 3.91. The van der Waals surface area contributed by atoms with Crippen molar-refractivity contribution in [1.82, 2.24) is 4.90 Å². The van der Waals surface area contributed by atoms with Gasteiger partial charge in [-0.05, 0) is 34.1 Å². The summed E-state index contributed by atoms with van der Waals surface area (Å²) >= 11 is 13.0. The van der Waals surface area contributed by atoms with Gasteiger partial charge in [0.2, 0.25) is 0 Å². The van der Waals surface area contributed by atoms with Crippen molar-refractivity contribution in [3.63, 3.8) is 0 Å². The third-order valence-corrected chi connectivity index (χ3v) is 4.97. The molecule has 0 aliphatic carbocycles. The number of hydrogen-bond acceptors (Lipinski definition) is 4. The van der Waals surface area contributed by atoms with Crippen LogP contribution in [0.4, 0.5) is 0 Å². The Bertz CT molecular complexity index is 644. The molecule has 0 bridgehead atoms. The van der Waals surface area contributed by atoms with Crippen LogP contribution >= 0.6 is 55.8 Å². The van der Waals surface area contributed by atoms with Gasteiger partial charge in [0, 0.05) is 16.6 Å². The average Bonchev–Trinajstić information content (AvgIpc) is 2.63. The first-order valence-corrected chi connectivity index (χ1v) is 8.29. The van der Waals surface area contributed by atoms with E-state index in [-0.39, 0.29) is 11.7 Å². The zero-order valence-corrected chi connectivity index (χ0v) is 14.9. The van der Waals surface area contributed by atoms with E-state index in [1.54, 1.807) is 24.3 Å². The Labute approximate surface area is 143 Å². The van der Waals surface area contributed by atoms with E-state index in [0.29, 0.717) is 25.8 Å². The Kier molecular flexibility index (Phi) is 5.06. The molecule has 1 aliphatic rings. The Morgan fingerprint density at radius 3 is 2.80 bits per heavy atom. The number of nitrogens with zero attached hydrogens (tertiary/aromatic N) is 1. The van der Waals surface area contributed by atoms with E-state index in [1.807, 2.05) is 0 Å². The topological polar surface area (TPSA) is 40.5 Å². The molecule has 2 rings (SSSR count). The lowest BCUT2D eigenvalue weighted by Crippen LogP contribution is -2.27. The minimum atomic E-state index is -0.171. The second kappa shape index (κ2) is 6.43. The van der Waals surface area contributed by atoms with E-state index in [1.165, 1.54) is 16.7 Å². The zero-order chi connectivity index (χ0) is 14.9. The number of aromatic hydroxyl groups is 1. The molecular formula is C13H9Br2NO2S2. The number of carbonyl (C=O) groups is 1. The second-order valence-corrected chi connectivity index (χ2v) is 7.35. The Hall–Kier alpha value is -0.630. The molecule has 0 atom stereocenters. The number of thioether (sulfide) groups is 1. The molecule has 0 aromatic heterocycles. The smallest absolute Gasteiger partial charge is 0.266 e. The molecule has 0 spiro atoms. The summed E-state index contributed by atoms with van der Waals surface area (Å²) in [5.41, 5.74) is 0.547. The normalized spacial score (nSPS) is 17.1. The number of hydrogen-bond donors (Lipinski definition) is 1. The van der Waals surface area contributed by atoms with Gasteiger partial charge in [-0.15, -0.1) is 6.58 Å². The number of phenolic OH excluding ortho intramolecular Hbond substituents is 1. The van der Waals surface area contributed by atoms with Crippen molar-refractivity contribution in [1.29, 1.82) is 0 Å². The average molecular weight is 435 g/mol. The van der Waals surface area contributed by atoms with Crippen molar-refractivity contribution in [2.75, 3.05) is 6.54 Å². The number of benzene rings is 1. The Morgan fingerprint density at radius 2 is 2.15 bits per heavy atom. The molecular weight excluding hydrogens is 426 g/mol. The highest BCUT2D eigenvalue weighted by Crippen LogP contribution is 2.37. The first-order valence-electron chi connectivity index (χ1n) is 5.48. The molecule has 0 radical (unpaired) electrons. The van der Waals surface area contributed by atoms with Gasteiger partial charge in [-0.25, -0.2) is 0 Å². The van der Waals surface area contributed by atoms with E-state index >= 15 is 0 Å². The van der Waals surface area contributed by atoms with Gasteiger partial charge in [0.05, 0.1) is 9.38 Å². The predicted molar refractivity (Wildman–Crippen MR) is 93.6 cm³/mol. The maximum atomic E-state index is 12.2. The number of amides is 1. The summed E-state index contributed by atoms with van der Waals surface area (Å²) in [6.07, 6.45) is 3.26. The van der Waals surface area contributed by atoms with Crippen LogP contribution in [-0.2, 0) is 4.79 Å². The molecule has 1 N–H and O–H groups in total. The summed E-state index contributed by atoms with van der Waals surface area (Å²) in [6, 6.07) is 3.47. The molecule has 20 heavy (non-hydrogen) atoms. The maximum absolute atomic E-state index is 12.2. The Morgan fingerprint density at radius 1 is 1.45 bits per heavy atom. The predicted octanol–water partition coefficient (Wildman–Crippen LogP) is 4.30. The van der Waals surface area contributed by atoms with Crippen molar-refractivity contribution in [3.8, 4) is 5.75 Å². The zero-order valence-electron chi connectivity index (χ0n) is 10.1. The van der Waals surface area contributed by atoms with Crippen LogP contribution < -0.4 is 0 Å². The molecule has 3 nitrogen and oxygen atoms in total. The summed E-state index contributed by atoms with van der Waals surface area (Å²) < 4.78 is 1.85. The number of phenols is 1. The van der Waals surface area contributed by atoms with Crippen LogP contribution in [-0.4, -0.2) is 26.8 Å². The molecule has 104 valence electrons. The fourth-order valence-corrected chi connectivity index (χ4v) is 4.15. The lowest BCUT2D eigenvalue weighted by Gasteiger charge is -2.10. The first-order chi connectivity index (χ1) is 9.43. The van der Waals surface area contributed by atoms with Gasteiger partial charge in [0.25, 0.3) is 5.91 Å². The quantitative estimate of drug-likeness (QED) is 0.437. The van der Waals surface area contributed by atoms with Crippen molar-refractivity contribution >= 4 is 72.1 Å². The minimum absolute atomic E-state index is 0.0854. The van der Waals surface area contributed by atoms with Gasteiger partial charge in [-0.1, -0.05) is 46.0 Å². The SMILES string of the molecule is C=CCN1C(=O)C(=Cc2cc(Br)cc(Br)c2O)SC1=S. The third kappa shape index (κ3) is 3.16. The fraction of sp³-hybridized carbons (Fsp3) is 0.0769. The van der Waals surface area contributed by atoms with Crippen molar-refractivity contribution in [3.05, 3.63) is 44.2 Å². The first kappa shape index (κ1) is 15.8. The highest BCUT2D eigenvalue weighted by atomic mass is 79.9. The molecule has 1 aromatic carbocycles. The summed E-state index contributed by atoms with van der Waals surface area (Å²) in [6.45, 7) is 3.99. The molecule has 1 amide bonds. The number of carbonyl (C=O) groups excluding carboxylic acids is 1. The number of thiocarbonyl (C=S) groups is 1. The molecule has 0 unspecified atom stereocenters. The standard InChI is InChI=1S/C13H9Br2NO2S2/c1-2-3-16-12(18)10(20-13(16)19)5-7-4-8(14)6-9(15)11(7)17/h2,4-6,17H,1,3H2. The maximum Gasteiger partial charge on any atom is 0.266 e. The van der Waals surface area contributed by atoms with E-state index in [9.17, 15) is 9.90 Å². The molecule has 1 fully saturated rings.